The van der Waals surface area contributed by atoms with Crippen molar-refractivity contribution in [2.45, 2.75) is 19.4 Å². The molecule has 1 aromatic rings. The second-order valence-corrected chi connectivity index (χ2v) is 6.06. The number of amides is 1. The summed E-state index contributed by atoms with van der Waals surface area (Å²) in [5.41, 5.74) is 0.715. The van der Waals surface area contributed by atoms with E-state index >= 15 is 0 Å². The van der Waals surface area contributed by atoms with E-state index in [2.05, 4.69) is 10.6 Å². The van der Waals surface area contributed by atoms with Gasteiger partial charge in [0.25, 0.3) is 0 Å². The Labute approximate surface area is 168 Å². The topological polar surface area (TPSA) is 95.1 Å². The van der Waals surface area contributed by atoms with Gasteiger partial charge in [-0.25, -0.2) is 0 Å². The molecule has 1 aromatic carbocycles. The van der Waals surface area contributed by atoms with Gasteiger partial charge >= 0.3 is 5.97 Å². The molecule has 0 fully saturated rings. The molecule has 0 saturated heterocycles. The summed E-state index contributed by atoms with van der Waals surface area (Å²) in [4.78, 5) is 23.2. The van der Waals surface area contributed by atoms with Gasteiger partial charge in [0, 0.05) is 31.2 Å². The van der Waals surface area contributed by atoms with Crippen molar-refractivity contribution >= 4 is 40.8 Å². The van der Waals surface area contributed by atoms with Crippen molar-refractivity contribution in [1.82, 2.24) is 10.6 Å². The third kappa shape index (κ3) is 8.42. The third-order valence-corrected chi connectivity index (χ3v) is 3.95. The summed E-state index contributed by atoms with van der Waals surface area (Å²) in [6, 6.07) is 3.35. The normalized spacial score (nSPS) is 10.1. The standard InChI is InChI=1S/C17H23ClN2O6S/c1-23-6-7-26-16(22)5-4-15(21)20-17(27)19-10-11-8-13(24-2)14(25-3)9-12(11)18/h8-9H,4-7,10H2,1-3H3,(H2,19,20,21,27). The lowest BCUT2D eigenvalue weighted by molar-refractivity contribution is -0.146. The van der Waals surface area contributed by atoms with Crippen LogP contribution in [-0.2, 0) is 25.6 Å². The summed E-state index contributed by atoms with van der Waals surface area (Å²) in [5.74, 6) is 0.174. The molecule has 0 spiro atoms. The van der Waals surface area contributed by atoms with Crippen LogP contribution in [-0.4, -0.2) is 51.5 Å². The molecule has 27 heavy (non-hydrogen) atoms. The number of halogens is 1. The molecule has 0 aliphatic rings. The highest BCUT2D eigenvalue weighted by atomic mass is 35.5. The van der Waals surface area contributed by atoms with Crippen molar-refractivity contribution in [2.75, 3.05) is 34.5 Å². The van der Waals surface area contributed by atoms with Crippen molar-refractivity contribution in [3.05, 3.63) is 22.7 Å². The minimum absolute atomic E-state index is 0.0370. The Balaban J connectivity index is 2.42. The summed E-state index contributed by atoms with van der Waals surface area (Å²) in [6.07, 6.45) is -0.0790. The van der Waals surface area contributed by atoms with E-state index < -0.39 is 11.9 Å². The molecule has 0 aliphatic carbocycles. The van der Waals surface area contributed by atoms with Gasteiger partial charge in [0.15, 0.2) is 16.6 Å². The number of hydrogen-bond acceptors (Lipinski definition) is 7. The molecule has 0 saturated carbocycles. The summed E-state index contributed by atoms with van der Waals surface area (Å²) in [6.45, 7) is 0.741. The summed E-state index contributed by atoms with van der Waals surface area (Å²) < 4.78 is 20.0. The van der Waals surface area contributed by atoms with E-state index in [1.807, 2.05) is 0 Å². The maximum Gasteiger partial charge on any atom is 0.306 e. The van der Waals surface area contributed by atoms with Gasteiger partial charge in [-0.05, 0) is 23.8 Å². The average molecular weight is 419 g/mol. The number of thiocarbonyl (C=S) groups is 1. The molecule has 0 aliphatic heterocycles. The van der Waals surface area contributed by atoms with Crippen LogP contribution in [0.25, 0.3) is 0 Å². The first-order valence-electron chi connectivity index (χ1n) is 8.03. The smallest absolute Gasteiger partial charge is 0.306 e. The van der Waals surface area contributed by atoms with Gasteiger partial charge in [0.05, 0.1) is 27.2 Å². The second kappa shape index (κ2) is 12.3. The highest BCUT2D eigenvalue weighted by molar-refractivity contribution is 7.80. The monoisotopic (exact) mass is 418 g/mol. The van der Waals surface area contributed by atoms with E-state index in [0.717, 1.165) is 0 Å². The van der Waals surface area contributed by atoms with Crippen molar-refractivity contribution < 1.29 is 28.5 Å². The van der Waals surface area contributed by atoms with Crippen LogP contribution in [0, 0.1) is 0 Å². The van der Waals surface area contributed by atoms with Crippen molar-refractivity contribution in [3.63, 3.8) is 0 Å². The first kappa shape index (κ1) is 22.9. The fourth-order valence-electron chi connectivity index (χ4n) is 1.97. The Morgan fingerprint density at radius 3 is 2.37 bits per heavy atom. The van der Waals surface area contributed by atoms with E-state index in [4.69, 9.17) is 42.8 Å². The Bertz CT molecular complexity index is 671. The fraction of sp³-hybridized carbons (Fsp3) is 0.471. The number of carbonyl (C=O) groups excluding carboxylic acids is 2. The van der Waals surface area contributed by atoms with Crippen LogP contribution >= 0.6 is 23.8 Å². The molecule has 150 valence electrons. The summed E-state index contributed by atoms with van der Waals surface area (Å²) in [5, 5.41) is 5.96. The molecule has 10 heteroatoms. The average Bonchev–Trinajstić information content (AvgIpc) is 2.65. The van der Waals surface area contributed by atoms with Crippen molar-refractivity contribution in [1.29, 1.82) is 0 Å². The zero-order valence-corrected chi connectivity index (χ0v) is 17.0. The lowest BCUT2D eigenvalue weighted by Crippen LogP contribution is -2.39. The van der Waals surface area contributed by atoms with Gasteiger partial charge < -0.3 is 29.6 Å². The minimum Gasteiger partial charge on any atom is -0.493 e. The zero-order valence-electron chi connectivity index (χ0n) is 15.4. The third-order valence-electron chi connectivity index (χ3n) is 3.35. The summed E-state index contributed by atoms with van der Waals surface area (Å²) in [7, 11) is 4.54. The van der Waals surface area contributed by atoms with Crippen LogP contribution in [0.15, 0.2) is 12.1 Å². The van der Waals surface area contributed by atoms with Crippen LogP contribution in [0.3, 0.4) is 0 Å². The number of methoxy groups -OCH3 is 3. The van der Waals surface area contributed by atoms with E-state index in [0.29, 0.717) is 28.7 Å². The lowest BCUT2D eigenvalue weighted by atomic mass is 10.2. The number of rotatable bonds is 10. The molecule has 1 amide bonds. The highest BCUT2D eigenvalue weighted by Gasteiger charge is 2.12. The maximum absolute atomic E-state index is 11.8. The first-order chi connectivity index (χ1) is 12.9. The number of esters is 1. The Morgan fingerprint density at radius 1 is 1.07 bits per heavy atom. The van der Waals surface area contributed by atoms with E-state index in [1.165, 1.54) is 21.3 Å². The number of carbonyl (C=O) groups is 2. The quantitative estimate of drug-likeness (QED) is 0.337. The van der Waals surface area contributed by atoms with Gasteiger partial charge in [-0.3, -0.25) is 9.59 Å². The Hall–Kier alpha value is -2.10. The molecule has 0 bridgehead atoms. The van der Waals surface area contributed by atoms with Gasteiger partial charge in [-0.2, -0.15) is 0 Å². The van der Waals surface area contributed by atoms with Crippen LogP contribution in [0.2, 0.25) is 5.02 Å². The SMILES string of the molecule is COCCOC(=O)CCC(=O)NC(=S)NCc1cc(OC)c(OC)cc1Cl. The maximum atomic E-state index is 11.8. The molecule has 0 unspecified atom stereocenters. The zero-order chi connectivity index (χ0) is 20.2. The first-order valence-corrected chi connectivity index (χ1v) is 8.82. The number of hydrogen-bond donors (Lipinski definition) is 2. The largest absolute Gasteiger partial charge is 0.493 e. The number of benzene rings is 1. The minimum atomic E-state index is -0.474. The van der Waals surface area contributed by atoms with Crippen molar-refractivity contribution in [3.8, 4) is 11.5 Å². The Kier molecular flexibility index (Phi) is 10.5. The predicted molar refractivity (Wildman–Crippen MR) is 104 cm³/mol. The van der Waals surface area contributed by atoms with E-state index in [9.17, 15) is 9.59 Å². The van der Waals surface area contributed by atoms with E-state index in [-0.39, 0.29) is 31.1 Å². The predicted octanol–water partition coefficient (Wildman–Crippen LogP) is 1.82. The number of nitrogens with one attached hydrogen (secondary N) is 2. The van der Waals surface area contributed by atoms with Gasteiger partial charge in [0.1, 0.15) is 6.61 Å². The Morgan fingerprint density at radius 2 is 1.74 bits per heavy atom. The molecular weight excluding hydrogens is 396 g/mol. The molecule has 0 radical (unpaired) electrons. The van der Waals surface area contributed by atoms with Gasteiger partial charge in [-0.1, -0.05) is 11.6 Å². The molecule has 8 nitrogen and oxygen atoms in total. The fourth-order valence-corrected chi connectivity index (χ4v) is 2.37. The van der Waals surface area contributed by atoms with Gasteiger partial charge in [0.2, 0.25) is 5.91 Å². The van der Waals surface area contributed by atoms with Gasteiger partial charge in [-0.15, -0.1) is 0 Å². The molecular formula is C17H23ClN2O6S. The molecule has 2 N–H and O–H groups in total. The molecule has 1 rings (SSSR count). The lowest BCUT2D eigenvalue weighted by Gasteiger charge is -2.13. The molecule has 0 aromatic heterocycles. The summed E-state index contributed by atoms with van der Waals surface area (Å²) >= 11 is 11.3. The number of ether oxygens (including phenoxy) is 4. The van der Waals surface area contributed by atoms with Crippen molar-refractivity contribution in [2.24, 2.45) is 0 Å². The molecule has 0 atom stereocenters. The second-order valence-electron chi connectivity index (χ2n) is 5.24. The highest BCUT2D eigenvalue weighted by Crippen LogP contribution is 2.32. The van der Waals surface area contributed by atoms with Crippen LogP contribution in [0.4, 0.5) is 0 Å². The van der Waals surface area contributed by atoms with Crippen LogP contribution in [0.1, 0.15) is 18.4 Å². The van der Waals surface area contributed by atoms with Crippen LogP contribution < -0.4 is 20.1 Å². The van der Waals surface area contributed by atoms with E-state index in [1.54, 1.807) is 12.1 Å². The van der Waals surface area contributed by atoms with Crippen LogP contribution in [0.5, 0.6) is 11.5 Å². The molecule has 0 heterocycles.